The number of unbranched alkanes of at least 4 members (excludes halogenated alkanes) is 1. The van der Waals surface area contributed by atoms with Crippen LogP contribution in [0, 0.1) is 5.82 Å². The Morgan fingerprint density at radius 2 is 1.67 bits per heavy atom. The van der Waals surface area contributed by atoms with Crippen molar-refractivity contribution in [2.24, 2.45) is 0 Å². The summed E-state index contributed by atoms with van der Waals surface area (Å²) in [7, 11) is 2.22. The Hall–Kier alpha value is -0.980. The average Bonchev–Trinajstić information content (AvgIpc) is 2.42. The summed E-state index contributed by atoms with van der Waals surface area (Å²) in [5.74, 6) is -0.178. The molecule has 0 aliphatic heterocycles. The number of halogens is 1. The second-order valence-corrected chi connectivity index (χ2v) is 7.72. The maximum absolute atomic E-state index is 12.9. The fraction of sp³-hybridized carbons (Fsp3) is 0.600. The van der Waals surface area contributed by atoms with Crippen LogP contribution in [0.4, 0.5) is 4.39 Å². The van der Waals surface area contributed by atoms with Gasteiger partial charge in [0, 0.05) is 13.1 Å². The van der Waals surface area contributed by atoms with Crippen LogP contribution in [0.3, 0.4) is 0 Å². The van der Waals surface area contributed by atoms with Gasteiger partial charge in [-0.1, -0.05) is 12.1 Å². The summed E-state index contributed by atoms with van der Waals surface area (Å²) < 4.78 is 38.9. The maximum atomic E-state index is 12.9. The topological polar surface area (TPSA) is 40.6 Å². The van der Waals surface area contributed by atoms with Gasteiger partial charge in [-0.3, -0.25) is 0 Å². The summed E-state index contributed by atoms with van der Waals surface area (Å²) in [5.41, 5.74) is 0.788. The molecule has 0 N–H and O–H groups in total. The highest BCUT2D eigenvalue weighted by molar-refractivity contribution is 7.89. The van der Waals surface area contributed by atoms with E-state index in [-0.39, 0.29) is 17.6 Å². The molecule has 0 saturated carbocycles. The van der Waals surface area contributed by atoms with Crippen LogP contribution < -0.4 is 0 Å². The van der Waals surface area contributed by atoms with Crippen molar-refractivity contribution < 1.29 is 12.8 Å². The highest BCUT2D eigenvalue weighted by Gasteiger charge is 2.23. The van der Waals surface area contributed by atoms with Crippen molar-refractivity contribution in [2.45, 2.75) is 25.8 Å². The molecule has 0 saturated heterocycles. The van der Waals surface area contributed by atoms with E-state index in [1.807, 2.05) is 25.9 Å². The van der Waals surface area contributed by atoms with E-state index in [0.717, 1.165) is 18.5 Å². The summed E-state index contributed by atoms with van der Waals surface area (Å²) in [6.45, 7) is 2.69. The van der Waals surface area contributed by atoms with Gasteiger partial charge in [0.05, 0.1) is 5.75 Å². The molecular weight excluding hydrogens is 291 g/mol. The zero-order valence-corrected chi connectivity index (χ0v) is 14.0. The van der Waals surface area contributed by atoms with E-state index in [1.165, 1.54) is 16.4 Å². The van der Waals surface area contributed by atoms with Crippen molar-refractivity contribution in [2.75, 3.05) is 33.4 Å². The monoisotopic (exact) mass is 316 g/mol. The lowest BCUT2D eigenvalue weighted by Gasteiger charge is -2.24. The van der Waals surface area contributed by atoms with Crippen LogP contribution in [-0.4, -0.2) is 51.1 Å². The molecule has 0 fully saturated rings. The van der Waals surface area contributed by atoms with Gasteiger partial charge in [0.2, 0.25) is 10.0 Å². The summed E-state index contributed by atoms with van der Waals surface area (Å²) in [4.78, 5) is 2.04. The molecule has 120 valence electrons. The summed E-state index contributed by atoms with van der Waals surface area (Å²) in [6, 6.07) is 5.65. The molecule has 0 aromatic heterocycles. The van der Waals surface area contributed by atoms with Crippen molar-refractivity contribution in [3.63, 3.8) is 0 Å². The van der Waals surface area contributed by atoms with E-state index < -0.39 is 10.0 Å². The minimum Gasteiger partial charge on any atom is -0.309 e. The molecule has 0 aliphatic rings. The van der Waals surface area contributed by atoms with Crippen molar-refractivity contribution in [3.8, 4) is 0 Å². The second kappa shape index (κ2) is 7.87. The lowest BCUT2D eigenvalue weighted by atomic mass is 10.1. The van der Waals surface area contributed by atoms with Crippen LogP contribution >= 0.6 is 0 Å². The lowest BCUT2D eigenvalue weighted by molar-refractivity contribution is 0.386. The third-order valence-electron chi connectivity index (χ3n) is 3.59. The molecule has 4 nitrogen and oxygen atoms in total. The Bertz CT molecular complexity index is 529. The van der Waals surface area contributed by atoms with E-state index in [2.05, 4.69) is 0 Å². The first-order chi connectivity index (χ1) is 9.74. The van der Waals surface area contributed by atoms with Crippen LogP contribution in [0.25, 0.3) is 0 Å². The Balaban J connectivity index is 2.63. The molecule has 1 rings (SSSR count). The van der Waals surface area contributed by atoms with Crippen LogP contribution in [0.1, 0.15) is 31.4 Å². The van der Waals surface area contributed by atoms with E-state index in [9.17, 15) is 12.8 Å². The Morgan fingerprint density at radius 3 is 2.19 bits per heavy atom. The zero-order chi connectivity index (χ0) is 16.0. The summed E-state index contributed by atoms with van der Waals surface area (Å²) in [5, 5.41) is 0. The number of nitrogens with zero attached hydrogens (tertiary/aromatic N) is 2. The first kappa shape index (κ1) is 18.1. The highest BCUT2D eigenvalue weighted by Crippen LogP contribution is 2.22. The van der Waals surface area contributed by atoms with Gasteiger partial charge in [0.15, 0.2) is 0 Å². The van der Waals surface area contributed by atoms with Crippen molar-refractivity contribution in [1.29, 1.82) is 0 Å². The number of benzene rings is 1. The molecule has 21 heavy (non-hydrogen) atoms. The molecule has 1 unspecified atom stereocenters. The fourth-order valence-corrected chi connectivity index (χ4v) is 3.51. The average molecular weight is 316 g/mol. The molecule has 0 heterocycles. The van der Waals surface area contributed by atoms with Crippen molar-refractivity contribution in [1.82, 2.24) is 9.21 Å². The Kier molecular flexibility index (Phi) is 6.77. The smallest absolute Gasteiger partial charge is 0.214 e. The Labute approximate surface area is 127 Å². The van der Waals surface area contributed by atoms with E-state index in [4.69, 9.17) is 0 Å². The van der Waals surface area contributed by atoms with Crippen LogP contribution in [0.15, 0.2) is 24.3 Å². The van der Waals surface area contributed by atoms with Gasteiger partial charge in [-0.05, 0) is 58.1 Å². The fourth-order valence-electron chi connectivity index (χ4n) is 2.05. The van der Waals surface area contributed by atoms with Gasteiger partial charge in [-0.25, -0.2) is 12.8 Å². The van der Waals surface area contributed by atoms with E-state index in [0.29, 0.717) is 6.42 Å². The molecule has 6 heteroatoms. The lowest BCUT2D eigenvalue weighted by Crippen LogP contribution is -2.32. The Morgan fingerprint density at radius 1 is 1.10 bits per heavy atom. The molecule has 1 aromatic rings. The van der Waals surface area contributed by atoms with Gasteiger partial charge in [-0.2, -0.15) is 4.31 Å². The predicted molar refractivity (Wildman–Crippen MR) is 84.2 cm³/mol. The maximum Gasteiger partial charge on any atom is 0.214 e. The summed E-state index contributed by atoms with van der Waals surface area (Å²) >= 11 is 0. The first-order valence-electron chi connectivity index (χ1n) is 7.10. The van der Waals surface area contributed by atoms with E-state index in [1.54, 1.807) is 19.2 Å². The third-order valence-corrected chi connectivity index (χ3v) is 5.59. The van der Waals surface area contributed by atoms with Gasteiger partial charge < -0.3 is 4.90 Å². The number of sulfonamides is 1. The predicted octanol–water partition coefficient (Wildman–Crippen LogP) is 2.49. The number of hydrogen-bond acceptors (Lipinski definition) is 3. The number of hydrogen-bond donors (Lipinski definition) is 0. The van der Waals surface area contributed by atoms with Gasteiger partial charge in [-0.15, -0.1) is 0 Å². The summed E-state index contributed by atoms with van der Waals surface area (Å²) in [6.07, 6.45) is 1.49. The third kappa shape index (κ3) is 5.73. The molecule has 0 spiro atoms. The highest BCUT2D eigenvalue weighted by atomic mass is 32.2. The van der Waals surface area contributed by atoms with Gasteiger partial charge in [0.1, 0.15) is 5.82 Å². The quantitative estimate of drug-likeness (QED) is 0.692. The standard InChI is InChI=1S/C15H25FN2O2S/c1-13(14-7-9-15(16)10-8-14)18(4)21(19,20)12-6-5-11-17(2)3/h7-10,13H,5-6,11-12H2,1-4H3. The second-order valence-electron chi connectivity index (χ2n) is 5.57. The largest absolute Gasteiger partial charge is 0.309 e. The van der Waals surface area contributed by atoms with E-state index >= 15 is 0 Å². The van der Waals surface area contributed by atoms with Crippen LogP contribution in [-0.2, 0) is 10.0 Å². The SMILES string of the molecule is CC(c1ccc(F)cc1)N(C)S(=O)(=O)CCCCN(C)C. The van der Waals surface area contributed by atoms with Crippen LogP contribution in [0.5, 0.6) is 0 Å². The molecule has 1 atom stereocenters. The van der Waals surface area contributed by atoms with Gasteiger partial charge >= 0.3 is 0 Å². The molecule has 0 bridgehead atoms. The molecule has 0 amide bonds. The first-order valence-corrected chi connectivity index (χ1v) is 8.71. The van der Waals surface area contributed by atoms with Crippen LogP contribution in [0.2, 0.25) is 0 Å². The van der Waals surface area contributed by atoms with Crippen molar-refractivity contribution >= 4 is 10.0 Å². The molecule has 0 aliphatic carbocycles. The minimum absolute atomic E-state index is 0.142. The normalized spacial score (nSPS) is 13.9. The molecular formula is C15H25FN2O2S. The minimum atomic E-state index is -3.29. The van der Waals surface area contributed by atoms with Gasteiger partial charge in [0.25, 0.3) is 0 Å². The molecule has 1 aromatic carbocycles. The molecule has 0 radical (unpaired) electrons. The zero-order valence-electron chi connectivity index (χ0n) is 13.2. The van der Waals surface area contributed by atoms with Crippen molar-refractivity contribution in [3.05, 3.63) is 35.6 Å². The number of rotatable bonds is 8.